The summed E-state index contributed by atoms with van der Waals surface area (Å²) in [4.78, 5) is 11.8. The number of anilines is 1. The van der Waals surface area contributed by atoms with Crippen LogP contribution in [0.15, 0.2) is 36.7 Å². The van der Waals surface area contributed by atoms with Crippen molar-refractivity contribution < 1.29 is 9.50 Å². The van der Waals surface area contributed by atoms with E-state index in [-0.39, 0.29) is 18.5 Å². The van der Waals surface area contributed by atoms with Gasteiger partial charge in [-0.3, -0.25) is 0 Å². The third-order valence-electron chi connectivity index (χ3n) is 3.86. The van der Waals surface area contributed by atoms with Crippen molar-refractivity contribution in [2.45, 2.75) is 25.8 Å². The molecule has 0 spiro atoms. The maximum Gasteiger partial charge on any atom is 0.143 e. The quantitative estimate of drug-likeness (QED) is 0.653. The normalized spacial score (nSPS) is 12.5. The van der Waals surface area contributed by atoms with Gasteiger partial charge in [-0.25, -0.2) is 14.4 Å². The topological polar surface area (TPSA) is 73.8 Å². The van der Waals surface area contributed by atoms with E-state index >= 15 is 0 Å². The van der Waals surface area contributed by atoms with Crippen LogP contribution in [0.25, 0.3) is 11.0 Å². The van der Waals surface area contributed by atoms with Gasteiger partial charge in [-0.1, -0.05) is 19.1 Å². The molecule has 0 aliphatic heterocycles. The third-order valence-corrected chi connectivity index (χ3v) is 3.86. The first-order chi connectivity index (χ1) is 11.2. The highest BCUT2D eigenvalue weighted by Gasteiger charge is 2.15. The van der Waals surface area contributed by atoms with Crippen LogP contribution in [0.3, 0.4) is 0 Å². The van der Waals surface area contributed by atoms with Crippen LogP contribution in [0.2, 0.25) is 0 Å². The number of benzene rings is 1. The van der Waals surface area contributed by atoms with E-state index in [9.17, 15) is 9.50 Å². The third kappa shape index (κ3) is 3.32. The molecule has 0 aliphatic rings. The summed E-state index contributed by atoms with van der Waals surface area (Å²) >= 11 is 0. The number of nitrogens with one attached hydrogen (secondary N) is 2. The number of aliphatic hydroxyl groups is 1. The number of fused-ring (bicyclic) bond motifs is 1. The van der Waals surface area contributed by atoms with Gasteiger partial charge in [-0.2, -0.15) is 0 Å². The maximum absolute atomic E-state index is 13.1. The lowest BCUT2D eigenvalue weighted by molar-refractivity contribution is 0.280. The van der Waals surface area contributed by atoms with Crippen molar-refractivity contribution >= 4 is 16.9 Å². The van der Waals surface area contributed by atoms with Crippen LogP contribution in [0, 0.1) is 5.82 Å². The van der Waals surface area contributed by atoms with Gasteiger partial charge in [0.05, 0.1) is 11.4 Å². The molecule has 5 nitrogen and oxygen atoms in total. The molecule has 120 valence electrons. The standard InChI is InChI=1S/C17H19FN4O/c1-2-13-9-14-16(21-13)19-10-20-17(14)22-15(7-8-23)11-3-5-12(18)6-4-11/h3-6,9-10,15,23H,2,7-8H2,1H3,(H2,19,20,21,22). The second kappa shape index (κ2) is 6.75. The minimum absolute atomic E-state index is 0.0244. The summed E-state index contributed by atoms with van der Waals surface area (Å²) in [6.07, 6.45) is 2.89. The lowest BCUT2D eigenvalue weighted by atomic mass is 10.0. The van der Waals surface area contributed by atoms with Crippen molar-refractivity contribution in [3.63, 3.8) is 0 Å². The van der Waals surface area contributed by atoms with E-state index in [0.717, 1.165) is 28.7 Å². The average molecular weight is 314 g/mol. The molecule has 3 rings (SSSR count). The molecule has 3 N–H and O–H groups in total. The number of aromatic amines is 1. The van der Waals surface area contributed by atoms with Crippen molar-refractivity contribution in [1.29, 1.82) is 0 Å². The van der Waals surface area contributed by atoms with E-state index < -0.39 is 0 Å². The Kier molecular flexibility index (Phi) is 4.52. The highest BCUT2D eigenvalue weighted by atomic mass is 19.1. The Hall–Kier alpha value is -2.47. The molecule has 1 aromatic carbocycles. The van der Waals surface area contributed by atoms with Gasteiger partial charge >= 0.3 is 0 Å². The van der Waals surface area contributed by atoms with Gasteiger partial charge < -0.3 is 15.4 Å². The van der Waals surface area contributed by atoms with E-state index in [0.29, 0.717) is 12.2 Å². The van der Waals surface area contributed by atoms with E-state index in [4.69, 9.17) is 0 Å². The molecule has 0 fully saturated rings. The molecule has 0 radical (unpaired) electrons. The van der Waals surface area contributed by atoms with Crippen LogP contribution < -0.4 is 5.32 Å². The van der Waals surface area contributed by atoms with Gasteiger partial charge in [-0.15, -0.1) is 0 Å². The molecular weight excluding hydrogens is 295 g/mol. The molecule has 23 heavy (non-hydrogen) atoms. The second-order valence-corrected chi connectivity index (χ2v) is 5.39. The molecule has 0 aliphatic carbocycles. The molecule has 2 heterocycles. The Morgan fingerprint density at radius 1 is 1.26 bits per heavy atom. The number of hydrogen-bond acceptors (Lipinski definition) is 4. The van der Waals surface area contributed by atoms with E-state index in [2.05, 4.69) is 27.2 Å². The minimum Gasteiger partial charge on any atom is -0.396 e. The summed E-state index contributed by atoms with van der Waals surface area (Å²) in [5.74, 6) is 0.424. The van der Waals surface area contributed by atoms with Gasteiger partial charge in [0.2, 0.25) is 0 Å². The molecule has 0 saturated heterocycles. The van der Waals surface area contributed by atoms with Crippen LogP contribution in [0.1, 0.15) is 30.6 Å². The number of nitrogens with zero attached hydrogens (tertiary/aromatic N) is 2. The van der Waals surface area contributed by atoms with Crippen molar-refractivity contribution in [2.75, 3.05) is 11.9 Å². The second-order valence-electron chi connectivity index (χ2n) is 5.39. The van der Waals surface area contributed by atoms with E-state index in [1.54, 1.807) is 12.1 Å². The molecule has 2 aromatic heterocycles. The zero-order valence-corrected chi connectivity index (χ0v) is 12.9. The monoisotopic (exact) mass is 314 g/mol. The van der Waals surface area contributed by atoms with Crippen LogP contribution >= 0.6 is 0 Å². The summed E-state index contributed by atoms with van der Waals surface area (Å²) in [7, 11) is 0. The Labute approximate surface area is 133 Å². The largest absolute Gasteiger partial charge is 0.396 e. The van der Waals surface area contributed by atoms with Crippen LogP contribution in [-0.2, 0) is 6.42 Å². The van der Waals surface area contributed by atoms with Crippen molar-refractivity contribution in [1.82, 2.24) is 15.0 Å². The zero-order valence-electron chi connectivity index (χ0n) is 12.9. The zero-order chi connectivity index (χ0) is 16.2. The highest BCUT2D eigenvalue weighted by molar-refractivity contribution is 5.87. The van der Waals surface area contributed by atoms with Gasteiger partial charge in [0, 0.05) is 12.3 Å². The van der Waals surface area contributed by atoms with Crippen molar-refractivity contribution in [3.8, 4) is 0 Å². The van der Waals surface area contributed by atoms with Crippen molar-refractivity contribution in [2.24, 2.45) is 0 Å². The summed E-state index contributed by atoms with van der Waals surface area (Å²) in [6.45, 7) is 2.09. The molecule has 0 bridgehead atoms. The van der Waals surface area contributed by atoms with Crippen LogP contribution in [0.5, 0.6) is 0 Å². The number of aromatic nitrogens is 3. The maximum atomic E-state index is 13.1. The fourth-order valence-electron chi connectivity index (χ4n) is 2.61. The number of aliphatic hydroxyl groups excluding tert-OH is 1. The number of halogens is 1. The smallest absolute Gasteiger partial charge is 0.143 e. The van der Waals surface area contributed by atoms with E-state index in [1.807, 2.05) is 6.07 Å². The summed E-state index contributed by atoms with van der Waals surface area (Å²) in [5, 5.41) is 13.6. The highest BCUT2D eigenvalue weighted by Crippen LogP contribution is 2.27. The first-order valence-corrected chi connectivity index (χ1v) is 7.66. The molecule has 0 saturated carbocycles. The van der Waals surface area contributed by atoms with Gasteiger partial charge in [0.1, 0.15) is 23.6 Å². The van der Waals surface area contributed by atoms with Gasteiger partial charge in [0.15, 0.2) is 0 Å². The Bertz CT molecular complexity index is 785. The minimum atomic E-state index is -0.279. The summed E-state index contributed by atoms with van der Waals surface area (Å²) in [6, 6.07) is 8.15. The average Bonchev–Trinajstić information content (AvgIpc) is 2.99. The molecule has 1 unspecified atom stereocenters. The summed E-state index contributed by atoms with van der Waals surface area (Å²) < 4.78 is 13.1. The Morgan fingerprint density at radius 2 is 2.04 bits per heavy atom. The molecule has 6 heteroatoms. The SMILES string of the molecule is CCc1cc2c(NC(CCO)c3ccc(F)cc3)ncnc2[nH]1. The van der Waals surface area contributed by atoms with Crippen LogP contribution in [0.4, 0.5) is 10.2 Å². The first-order valence-electron chi connectivity index (χ1n) is 7.66. The van der Waals surface area contributed by atoms with Crippen LogP contribution in [-0.4, -0.2) is 26.7 Å². The number of rotatable bonds is 6. The summed E-state index contributed by atoms with van der Waals surface area (Å²) in [5.41, 5.74) is 2.77. The number of hydrogen-bond donors (Lipinski definition) is 3. The predicted octanol–water partition coefficient (Wildman–Crippen LogP) is 3.20. The molecular formula is C17H19FN4O. The lowest BCUT2D eigenvalue weighted by Gasteiger charge is -2.19. The number of aryl methyl sites for hydroxylation is 1. The fraction of sp³-hybridized carbons (Fsp3) is 0.294. The number of H-pyrrole nitrogens is 1. The van der Waals surface area contributed by atoms with Crippen molar-refractivity contribution in [3.05, 3.63) is 53.7 Å². The van der Waals surface area contributed by atoms with Gasteiger partial charge in [0.25, 0.3) is 0 Å². The Balaban J connectivity index is 1.93. The molecule has 1 atom stereocenters. The van der Waals surface area contributed by atoms with Gasteiger partial charge in [-0.05, 0) is 36.6 Å². The van der Waals surface area contributed by atoms with E-state index in [1.165, 1.54) is 18.5 Å². The molecule has 0 amide bonds. The Morgan fingerprint density at radius 3 is 2.74 bits per heavy atom. The first kappa shape index (κ1) is 15.4. The predicted molar refractivity (Wildman–Crippen MR) is 87.7 cm³/mol. The lowest BCUT2D eigenvalue weighted by Crippen LogP contribution is -2.13. The fourth-order valence-corrected chi connectivity index (χ4v) is 2.61. The molecule has 3 aromatic rings.